The molecule has 1 N–H and O–H groups in total. The highest BCUT2D eigenvalue weighted by atomic mass is 35.5. The predicted octanol–water partition coefficient (Wildman–Crippen LogP) is 1.84. The number of halogens is 2. The first kappa shape index (κ1) is 16.7. The number of benzene rings is 1. The molecule has 2 atom stereocenters. The van der Waals surface area contributed by atoms with Gasteiger partial charge in [-0.05, 0) is 26.0 Å². The van der Waals surface area contributed by atoms with Crippen molar-refractivity contribution in [2.75, 3.05) is 19.7 Å². The second kappa shape index (κ2) is 7.45. The van der Waals surface area contributed by atoms with Gasteiger partial charge in [-0.3, -0.25) is 4.79 Å². The van der Waals surface area contributed by atoms with Gasteiger partial charge in [0.1, 0.15) is 11.6 Å². The number of hydrogen-bond donors (Lipinski definition) is 1. The molecule has 1 aliphatic heterocycles. The Morgan fingerprint density at radius 1 is 1.40 bits per heavy atom. The summed E-state index contributed by atoms with van der Waals surface area (Å²) in [6.07, 6.45) is 0. The number of piperazine rings is 1. The average Bonchev–Trinajstić information content (AvgIpc) is 2.35. The van der Waals surface area contributed by atoms with Crippen LogP contribution in [-0.2, 0) is 4.79 Å². The highest BCUT2D eigenvalue weighted by Crippen LogP contribution is 2.12. The first-order chi connectivity index (χ1) is 9.04. The van der Waals surface area contributed by atoms with Gasteiger partial charge in [-0.25, -0.2) is 4.39 Å². The highest BCUT2D eigenvalue weighted by Gasteiger charge is 2.24. The van der Waals surface area contributed by atoms with Crippen molar-refractivity contribution in [2.45, 2.75) is 25.9 Å². The second-order valence-corrected chi connectivity index (χ2v) is 5.01. The van der Waals surface area contributed by atoms with Gasteiger partial charge in [0.15, 0.2) is 6.61 Å². The van der Waals surface area contributed by atoms with Crippen molar-refractivity contribution in [3.8, 4) is 5.75 Å². The van der Waals surface area contributed by atoms with E-state index < -0.39 is 0 Å². The van der Waals surface area contributed by atoms with Crippen molar-refractivity contribution in [3.63, 3.8) is 0 Å². The lowest BCUT2D eigenvalue weighted by molar-refractivity contribution is -0.135. The third-order valence-corrected chi connectivity index (χ3v) is 3.07. The Labute approximate surface area is 124 Å². The lowest BCUT2D eigenvalue weighted by Crippen LogP contribution is -2.56. The molecule has 1 amide bonds. The number of nitrogens with one attached hydrogen (secondary N) is 1. The van der Waals surface area contributed by atoms with Gasteiger partial charge in [0.2, 0.25) is 0 Å². The molecule has 0 aromatic heterocycles. The lowest BCUT2D eigenvalue weighted by atomic mass is 10.1. The minimum Gasteiger partial charge on any atom is -0.484 e. The SMILES string of the molecule is CC1CN(C(=O)COc2cccc(F)c2)CC(C)N1.Cl. The van der Waals surface area contributed by atoms with Crippen molar-refractivity contribution in [2.24, 2.45) is 0 Å². The number of amides is 1. The molecule has 112 valence electrons. The van der Waals surface area contributed by atoms with E-state index in [0.717, 1.165) is 0 Å². The van der Waals surface area contributed by atoms with E-state index in [2.05, 4.69) is 5.32 Å². The van der Waals surface area contributed by atoms with E-state index in [1.807, 2.05) is 13.8 Å². The van der Waals surface area contributed by atoms with Crippen LogP contribution in [0, 0.1) is 5.82 Å². The molecule has 0 radical (unpaired) electrons. The summed E-state index contributed by atoms with van der Waals surface area (Å²) >= 11 is 0. The maximum absolute atomic E-state index is 13.0. The van der Waals surface area contributed by atoms with Gasteiger partial charge in [-0.1, -0.05) is 6.07 Å². The molecule has 0 bridgehead atoms. The fraction of sp³-hybridized carbons (Fsp3) is 0.500. The fourth-order valence-corrected chi connectivity index (χ4v) is 2.32. The second-order valence-electron chi connectivity index (χ2n) is 5.01. The Morgan fingerprint density at radius 3 is 2.65 bits per heavy atom. The Morgan fingerprint density at radius 2 is 2.05 bits per heavy atom. The van der Waals surface area contributed by atoms with E-state index in [0.29, 0.717) is 18.8 Å². The zero-order valence-corrected chi connectivity index (χ0v) is 12.5. The lowest BCUT2D eigenvalue weighted by Gasteiger charge is -2.36. The molecule has 1 aromatic rings. The molecule has 4 nitrogen and oxygen atoms in total. The third-order valence-electron chi connectivity index (χ3n) is 3.07. The molecule has 6 heteroatoms. The molecule has 0 spiro atoms. The summed E-state index contributed by atoms with van der Waals surface area (Å²) in [5.74, 6) is -0.0524. The van der Waals surface area contributed by atoms with Crippen molar-refractivity contribution in [3.05, 3.63) is 30.1 Å². The summed E-state index contributed by atoms with van der Waals surface area (Å²) in [5, 5.41) is 3.36. The molecule has 0 aliphatic carbocycles. The maximum Gasteiger partial charge on any atom is 0.260 e. The van der Waals surface area contributed by atoms with Crippen molar-refractivity contribution >= 4 is 18.3 Å². The summed E-state index contributed by atoms with van der Waals surface area (Å²) in [6.45, 7) is 5.39. The molecule has 1 fully saturated rings. The van der Waals surface area contributed by atoms with Crippen LogP contribution in [0.25, 0.3) is 0 Å². The average molecular weight is 303 g/mol. The summed E-state index contributed by atoms with van der Waals surface area (Å²) < 4.78 is 18.3. The maximum atomic E-state index is 13.0. The zero-order valence-electron chi connectivity index (χ0n) is 11.6. The van der Waals surface area contributed by atoms with Gasteiger partial charge in [-0.2, -0.15) is 0 Å². The Kier molecular flexibility index (Phi) is 6.23. The van der Waals surface area contributed by atoms with E-state index in [-0.39, 0.29) is 42.8 Å². The van der Waals surface area contributed by atoms with Gasteiger partial charge in [-0.15, -0.1) is 12.4 Å². The first-order valence-corrected chi connectivity index (χ1v) is 6.47. The number of rotatable bonds is 3. The highest BCUT2D eigenvalue weighted by molar-refractivity contribution is 5.85. The van der Waals surface area contributed by atoms with Crippen LogP contribution < -0.4 is 10.1 Å². The van der Waals surface area contributed by atoms with Gasteiger partial charge < -0.3 is 15.0 Å². The Hall–Kier alpha value is -1.33. The van der Waals surface area contributed by atoms with Crippen LogP contribution in [0.5, 0.6) is 5.75 Å². The quantitative estimate of drug-likeness (QED) is 0.926. The molecular weight excluding hydrogens is 283 g/mol. The van der Waals surface area contributed by atoms with Crippen molar-refractivity contribution < 1.29 is 13.9 Å². The van der Waals surface area contributed by atoms with Crippen molar-refractivity contribution in [1.82, 2.24) is 10.2 Å². The van der Waals surface area contributed by atoms with Crippen LogP contribution in [-0.4, -0.2) is 42.6 Å². The molecule has 2 unspecified atom stereocenters. The number of ether oxygens (including phenoxy) is 1. The Balaban J connectivity index is 0.00000200. The number of nitrogens with zero attached hydrogens (tertiary/aromatic N) is 1. The van der Waals surface area contributed by atoms with E-state index in [4.69, 9.17) is 4.74 Å². The van der Waals surface area contributed by atoms with Crippen LogP contribution in [0.2, 0.25) is 0 Å². The molecular formula is C14H20ClFN2O2. The molecule has 2 rings (SSSR count). The minimum atomic E-state index is -0.366. The molecule has 1 saturated heterocycles. The molecule has 0 saturated carbocycles. The normalized spacial score (nSPS) is 22.1. The molecule has 1 aliphatic rings. The van der Waals surface area contributed by atoms with Gasteiger partial charge in [0, 0.05) is 31.2 Å². The fourth-order valence-electron chi connectivity index (χ4n) is 2.32. The van der Waals surface area contributed by atoms with Gasteiger partial charge in [0.25, 0.3) is 5.91 Å². The van der Waals surface area contributed by atoms with Gasteiger partial charge >= 0.3 is 0 Å². The van der Waals surface area contributed by atoms with Crippen LogP contribution in [0.3, 0.4) is 0 Å². The summed E-state index contributed by atoms with van der Waals surface area (Å²) in [7, 11) is 0. The van der Waals surface area contributed by atoms with E-state index in [9.17, 15) is 9.18 Å². The number of carbonyl (C=O) groups excluding carboxylic acids is 1. The molecule has 1 aromatic carbocycles. The van der Waals surface area contributed by atoms with E-state index in [1.165, 1.54) is 12.1 Å². The smallest absolute Gasteiger partial charge is 0.260 e. The number of carbonyl (C=O) groups is 1. The standard InChI is InChI=1S/C14H19FN2O2.ClH/c1-10-7-17(8-11(2)16-10)14(18)9-19-13-5-3-4-12(15)6-13;/h3-6,10-11,16H,7-9H2,1-2H3;1H. The minimum absolute atomic E-state index is 0. The first-order valence-electron chi connectivity index (χ1n) is 6.47. The largest absolute Gasteiger partial charge is 0.484 e. The predicted molar refractivity (Wildman–Crippen MR) is 77.8 cm³/mol. The third kappa shape index (κ3) is 4.65. The Bertz CT molecular complexity index is 449. The van der Waals surface area contributed by atoms with Crippen LogP contribution >= 0.6 is 12.4 Å². The molecule has 20 heavy (non-hydrogen) atoms. The monoisotopic (exact) mass is 302 g/mol. The van der Waals surface area contributed by atoms with Crippen molar-refractivity contribution in [1.29, 1.82) is 0 Å². The summed E-state index contributed by atoms with van der Waals surface area (Å²) in [5.41, 5.74) is 0. The molecule has 1 heterocycles. The topological polar surface area (TPSA) is 41.6 Å². The van der Waals surface area contributed by atoms with E-state index >= 15 is 0 Å². The van der Waals surface area contributed by atoms with Crippen LogP contribution in [0.4, 0.5) is 4.39 Å². The zero-order chi connectivity index (χ0) is 13.8. The van der Waals surface area contributed by atoms with Crippen LogP contribution in [0.1, 0.15) is 13.8 Å². The number of hydrogen-bond acceptors (Lipinski definition) is 3. The summed E-state index contributed by atoms with van der Waals surface area (Å²) in [4.78, 5) is 13.8. The van der Waals surface area contributed by atoms with E-state index in [1.54, 1.807) is 17.0 Å². The van der Waals surface area contributed by atoms with Gasteiger partial charge in [0.05, 0.1) is 0 Å². The van der Waals surface area contributed by atoms with Crippen LogP contribution in [0.15, 0.2) is 24.3 Å². The summed E-state index contributed by atoms with van der Waals surface area (Å²) in [6, 6.07) is 6.37.